The van der Waals surface area contributed by atoms with Crippen LogP contribution in [0.2, 0.25) is 0 Å². The number of rotatable bonds is 5. The molecule has 0 fully saturated rings. The molecule has 0 saturated heterocycles. The van der Waals surface area contributed by atoms with E-state index in [4.69, 9.17) is 0 Å². The Morgan fingerprint density at radius 1 is 1.24 bits per heavy atom. The lowest BCUT2D eigenvalue weighted by atomic mass is 10.2. The first-order chi connectivity index (χ1) is 11.9. The van der Waals surface area contributed by atoms with Crippen molar-refractivity contribution >= 4 is 33.6 Å². The van der Waals surface area contributed by atoms with Crippen LogP contribution in [0.25, 0.3) is 10.2 Å². The molecule has 3 rings (SSSR count). The zero-order chi connectivity index (χ0) is 18.1. The molecule has 132 valence electrons. The molecule has 1 N–H and O–H groups in total. The van der Waals surface area contributed by atoms with Gasteiger partial charge in [-0.1, -0.05) is 13.8 Å². The fourth-order valence-electron chi connectivity index (χ4n) is 3.03. The van der Waals surface area contributed by atoms with Gasteiger partial charge in [-0.3, -0.25) is 5.43 Å². The minimum Gasteiger partial charge on any atom is -0.348 e. The topological polar surface area (TPSA) is 55.1 Å². The Kier molecular flexibility index (Phi) is 4.90. The van der Waals surface area contributed by atoms with Crippen molar-refractivity contribution in [1.82, 2.24) is 14.5 Å². The summed E-state index contributed by atoms with van der Waals surface area (Å²) < 4.78 is 2.35. The van der Waals surface area contributed by atoms with E-state index >= 15 is 0 Å². The second-order valence-electron chi connectivity index (χ2n) is 6.89. The Morgan fingerprint density at radius 2 is 2.00 bits per heavy atom. The molecule has 6 heteroatoms. The Labute approximate surface area is 152 Å². The van der Waals surface area contributed by atoms with Gasteiger partial charge in [0.1, 0.15) is 11.2 Å². The van der Waals surface area contributed by atoms with Crippen LogP contribution in [0.1, 0.15) is 41.2 Å². The molecule has 0 saturated carbocycles. The summed E-state index contributed by atoms with van der Waals surface area (Å²) in [6, 6.07) is 2.18. The van der Waals surface area contributed by atoms with E-state index in [0.717, 1.165) is 28.1 Å². The molecule has 0 aliphatic heterocycles. The van der Waals surface area contributed by atoms with E-state index in [2.05, 4.69) is 72.7 Å². The summed E-state index contributed by atoms with van der Waals surface area (Å²) in [6.07, 6.45) is 3.46. The number of thiophene rings is 1. The minimum atomic E-state index is 0.617. The van der Waals surface area contributed by atoms with Crippen LogP contribution in [0.15, 0.2) is 17.5 Å². The van der Waals surface area contributed by atoms with Crippen molar-refractivity contribution in [3.8, 4) is 0 Å². The van der Waals surface area contributed by atoms with Crippen molar-refractivity contribution in [1.29, 1.82) is 0 Å². The lowest BCUT2D eigenvalue weighted by molar-refractivity contribution is 0.509. The molecule has 0 aliphatic carbocycles. The van der Waals surface area contributed by atoms with Gasteiger partial charge in [0.15, 0.2) is 5.82 Å². The lowest BCUT2D eigenvalue weighted by Gasteiger charge is -2.11. The van der Waals surface area contributed by atoms with E-state index in [0.29, 0.717) is 5.92 Å². The number of anilines is 1. The molecule has 3 aromatic rings. The molecule has 0 atom stereocenters. The number of nitrogens with one attached hydrogen (secondary N) is 1. The Morgan fingerprint density at radius 3 is 2.72 bits per heavy atom. The maximum absolute atomic E-state index is 4.43. The van der Waals surface area contributed by atoms with Crippen LogP contribution in [0.4, 0.5) is 5.82 Å². The molecule has 0 spiro atoms. The van der Waals surface area contributed by atoms with Gasteiger partial charge in [0.2, 0.25) is 0 Å². The van der Waals surface area contributed by atoms with E-state index < -0.39 is 0 Å². The quantitative estimate of drug-likeness (QED) is 0.527. The molecule has 0 amide bonds. The highest BCUT2D eigenvalue weighted by atomic mass is 32.1. The van der Waals surface area contributed by atoms with Crippen LogP contribution < -0.4 is 5.43 Å². The molecule has 0 unspecified atom stereocenters. The molecular weight excluding hydrogens is 330 g/mol. The number of hydrogen-bond acceptors (Lipinski definition) is 5. The molecule has 25 heavy (non-hydrogen) atoms. The summed E-state index contributed by atoms with van der Waals surface area (Å²) in [5.74, 6) is 1.38. The molecule has 0 radical (unpaired) electrons. The first-order valence-electron chi connectivity index (χ1n) is 8.55. The van der Waals surface area contributed by atoms with E-state index in [-0.39, 0.29) is 0 Å². The maximum Gasteiger partial charge on any atom is 0.158 e. The molecule has 0 bridgehead atoms. The molecule has 5 nitrogen and oxygen atoms in total. The monoisotopic (exact) mass is 355 g/mol. The summed E-state index contributed by atoms with van der Waals surface area (Å²) >= 11 is 1.69. The van der Waals surface area contributed by atoms with Crippen molar-refractivity contribution in [3.63, 3.8) is 0 Å². The summed E-state index contributed by atoms with van der Waals surface area (Å²) in [5.41, 5.74) is 7.96. The van der Waals surface area contributed by atoms with Crippen LogP contribution >= 0.6 is 11.3 Å². The normalized spacial score (nSPS) is 12.0. The highest BCUT2D eigenvalue weighted by Gasteiger charge is 2.12. The Balaban J connectivity index is 1.85. The van der Waals surface area contributed by atoms with E-state index in [1.807, 2.05) is 6.21 Å². The summed E-state index contributed by atoms with van der Waals surface area (Å²) in [6.45, 7) is 14.0. The fourth-order valence-corrected chi connectivity index (χ4v) is 4.03. The zero-order valence-electron chi connectivity index (χ0n) is 15.7. The number of hydrogen-bond donors (Lipinski definition) is 1. The van der Waals surface area contributed by atoms with Crippen molar-refractivity contribution in [3.05, 3.63) is 39.8 Å². The van der Waals surface area contributed by atoms with Gasteiger partial charge in [-0.15, -0.1) is 11.3 Å². The van der Waals surface area contributed by atoms with Crippen LogP contribution in [0.5, 0.6) is 0 Å². The Bertz CT molecular complexity index is 933. The number of aromatic nitrogens is 3. The summed E-state index contributed by atoms with van der Waals surface area (Å²) in [4.78, 5) is 11.0. The first kappa shape index (κ1) is 17.6. The van der Waals surface area contributed by atoms with Gasteiger partial charge in [0.25, 0.3) is 0 Å². The van der Waals surface area contributed by atoms with Crippen molar-refractivity contribution < 1.29 is 0 Å². The molecule has 0 aliphatic rings. The zero-order valence-corrected chi connectivity index (χ0v) is 16.5. The van der Waals surface area contributed by atoms with Crippen LogP contribution in [0.3, 0.4) is 0 Å². The third-order valence-electron chi connectivity index (χ3n) is 4.50. The highest BCUT2D eigenvalue weighted by Crippen LogP contribution is 2.32. The number of hydrazone groups is 1. The van der Waals surface area contributed by atoms with Gasteiger partial charge >= 0.3 is 0 Å². The molecule has 3 aromatic heterocycles. The van der Waals surface area contributed by atoms with Crippen LogP contribution in [-0.4, -0.2) is 20.7 Å². The largest absolute Gasteiger partial charge is 0.348 e. The van der Waals surface area contributed by atoms with Crippen LogP contribution in [0, 0.1) is 33.6 Å². The minimum absolute atomic E-state index is 0.617. The predicted molar refractivity (Wildman–Crippen MR) is 107 cm³/mol. The molecule has 3 heterocycles. The van der Waals surface area contributed by atoms with E-state index in [9.17, 15) is 0 Å². The fraction of sp³-hybridized carbons (Fsp3) is 0.421. The third kappa shape index (κ3) is 3.44. The van der Waals surface area contributed by atoms with Crippen LogP contribution in [-0.2, 0) is 6.54 Å². The van der Waals surface area contributed by atoms with Gasteiger partial charge in [0, 0.05) is 28.4 Å². The third-order valence-corrected chi connectivity index (χ3v) is 5.62. The Hall–Kier alpha value is -2.21. The second kappa shape index (κ2) is 6.96. The molecule has 0 aromatic carbocycles. The second-order valence-corrected chi connectivity index (χ2v) is 8.09. The van der Waals surface area contributed by atoms with Crippen molar-refractivity contribution in [2.24, 2.45) is 11.0 Å². The van der Waals surface area contributed by atoms with E-state index in [1.54, 1.807) is 17.7 Å². The van der Waals surface area contributed by atoms with Gasteiger partial charge in [-0.2, -0.15) is 5.10 Å². The first-order valence-corrected chi connectivity index (χ1v) is 9.36. The SMILES string of the molecule is Cc1sc2ncnc(N/N=C\c3cc(C)n(CC(C)C)c3C)c2c1C. The van der Waals surface area contributed by atoms with Gasteiger partial charge in [-0.05, 0) is 45.2 Å². The maximum atomic E-state index is 4.43. The average Bonchev–Trinajstić information content (AvgIpc) is 2.99. The van der Waals surface area contributed by atoms with Gasteiger partial charge in [-0.25, -0.2) is 9.97 Å². The smallest absolute Gasteiger partial charge is 0.158 e. The number of aryl methyl sites for hydroxylation is 3. The summed E-state index contributed by atoms with van der Waals surface area (Å²) in [5, 5.41) is 5.50. The predicted octanol–water partition coefficient (Wildman–Crippen LogP) is 4.83. The van der Waals surface area contributed by atoms with E-state index in [1.165, 1.54) is 21.8 Å². The highest BCUT2D eigenvalue weighted by molar-refractivity contribution is 7.18. The number of fused-ring (bicyclic) bond motifs is 1. The van der Waals surface area contributed by atoms with Crippen molar-refractivity contribution in [2.75, 3.05) is 5.43 Å². The lowest BCUT2D eigenvalue weighted by Crippen LogP contribution is -2.08. The van der Waals surface area contributed by atoms with Crippen molar-refractivity contribution in [2.45, 2.75) is 48.1 Å². The number of nitrogens with zero attached hydrogens (tertiary/aromatic N) is 4. The van der Waals surface area contributed by atoms with Gasteiger partial charge < -0.3 is 4.57 Å². The molecular formula is C19H25N5S. The van der Waals surface area contributed by atoms with Gasteiger partial charge in [0.05, 0.1) is 11.6 Å². The summed E-state index contributed by atoms with van der Waals surface area (Å²) in [7, 11) is 0. The standard InChI is InChI=1S/C19H25N5S/c1-11(2)9-24-12(3)7-16(14(24)5)8-22-23-18-17-13(4)15(6)25-19(17)21-10-20-18/h7-8,10-11H,9H2,1-6H3,(H,20,21,23)/b22-8-. The average molecular weight is 356 g/mol.